The first kappa shape index (κ1) is 57.1. The first-order valence-corrected chi connectivity index (χ1v) is 25.4. The third-order valence-corrected chi connectivity index (χ3v) is 11.2. The maximum absolute atomic E-state index is 12.8. The summed E-state index contributed by atoms with van der Waals surface area (Å²) in [4.78, 5) is 35.2. The number of esters is 1. The number of carbonyl (C=O) groups is 3. The van der Waals surface area contributed by atoms with Crippen molar-refractivity contribution in [2.75, 3.05) is 6.54 Å². The van der Waals surface area contributed by atoms with Crippen LogP contribution < -0.4 is 5.32 Å². The molecule has 0 aromatic carbocycles. The van der Waals surface area contributed by atoms with Crippen LogP contribution in [-0.4, -0.2) is 35.6 Å². The molecule has 0 aliphatic rings. The summed E-state index contributed by atoms with van der Waals surface area (Å²) in [5.41, 5.74) is 0. The van der Waals surface area contributed by atoms with Gasteiger partial charge < -0.3 is 15.2 Å². The average Bonchev–Trinajstić information content (AvgIpc) is 3.24. The van der Waals surface area contributed by atoms with E-state index in [1.54, 1.807) is 0 Å². The van der Waals surface area contributed by atoms with E-state index >= 15 is 0 Å². The molecule has 0 fully saturated rings. The Morgan fingerprint density at radius 1 is 0.450 bits per heavy atom. The van der Waals surface area contributed by atoms with Gasteiger partial charge in [-0.1, -0.05) is 216 Å². The number of carboxylic acid groups (broad SMARTS) is 1. The lowest BCUT2D eigenvalue weighted by atomic mass is 10.0. The molecule has 60 heavy (non-hydrogen) atoms. The summed E-state index contributed by atoms with van der Waals surface area (Å²) >= 11 is 0. The molecule has 0 bridgehead atoms. The topological polar surface area (TPSA) is 92.7 Å². The number of amides is 1. The second-order valence-corrected chi connectivity index (χ2v) is 17.0. The van der Waals surface area contributed by atoms with Gasteiger partial charge in [0, 0.05) is 12.8 Å². The van der Waals surface area contributed by atoms with Crippen LogP contribution in [0.15, 0.2) is 60.8 Å². The molecule has 0 heterocycles. The second kappa shape index (κ2) is 48.8. The number of nitrogens with one attached hydrogen (secondary N) is 1. The van der Waals surface area contributed by atoms with Crippen LogP contribution in [0, 0.1) is 0 Å². The van der Waals surface area contributed by atoms with Crippen molar-refractivity contribution in [3.63, 3.8) is 0 Å². The number of hydrogen-bond acceptors (Lipinski definition) is 4. The first-order valence-electron chi connectivity index (χ1n) is 25.4. The van der Waals surface area contributed by atoms with E-state index in [0.717, 1.165) is 103 Å². The van der Waals surface area contributed by atoms with Crippen molar-refractivity contribution in [1.29, 1.82) is 0 Å². The van der Waals surface area contributed by atoms with Crippen molar-refractivity contribution in [3.05, 3.63) is 60.8 Å². The van der Waals surface area contributed by atoms with Gasteiger partial charge in [-0.05, 0) is 83.5 Å². The van der Waals surface area contributed by atoms with E-state index < -0.39 is 5.97 Å². The summed E-state index contributed by atoms with van der Waals surface area (Å²) in [6.07, 6.45) is 65.0. The molecule has 0 saturated carbocycles. The van der Waals surface area contributed by atoms with E-state index in [9.17, 15) is 14.4 Å². The highest BCUT2D eigenvalue weighted by atomic mass is 16.5. The standard InChI is InChI=1S/C54H95NO5/c1-3-5-7-9-11-13-15-17-19-20-21-22-23-24-25-26-28-30-32-34-36-41-45-49-54(59)60-51(47-43-39-37-40-44-48-52(56)55-50-53(57)58)46-42-38-35-33-31-29-27-18-16-14-12-10-8-6-4-2/h5,7,11,13,17,19,21-22,24-25,51H,3-4,6,8-10,12,14-16,18,20,23,26-50H2,1-2H3,(H,55,56)(H,57,58)/b7-5-,13-11-,19-17-,22-21-,25-24-. The molecule has 0 rings (SSSR count). The van der Waals surface area contributed by atoms with Crippen LogP contribution >= 0.6 is 0 Å². The number of aliphatic carboxylic acids is 1. The molecular formula is C54H95NO5. The molecular weight excluding hydrogens is 743 g/mol. The molecule has 0 aliphatic heterocycles. The monoisotopic (exact) mass is 838 g/mol. The zero-order chi connectivity index (χ0) is 43.7. The average molecular weight is 838 g/mol. The zero-order valence-corrected chi connectivity index (χ0v) is 39.3. The van der Waals surface area contributed by atoms with Crippen LogP contribution in [0.2, 0.25) is 0 Å². The predicted molar refractivity (Wildman–Crippen MR) is 258 cm³/mol. The highest BCUT2D eigenvalue weighted by Crippen LogP contribution is 2.19. The van der Waals surface area contributed by atoms with Crippen molar-refractivity contribution in [3.8, 4) is 0 Å². The van der Waals surface area contributed by atoms with Gasteiger partial charge >= 0.3 is 11.9 Å². The fraction of sp³-hybridized carbons (Fsp3) is 0.759. The molecule has 1 unspecified atom stereocenters. The van der Waals surface area contributed by atoms with Gasteiger partial charge in [-0.15, -0.1) is 0 Å². The second-order valence-electron chi connectivity index (χ2n) is 17.0. The Morgan fingerprint density at radius 3 is 1.25 bits per heavy atom. The lowest BCUT2D eigenvalue weighted by Crippen LogP contribution is -2.28. The Kier molecular flexibility index (Phi) is 46.4. The molecule has 6 heteroatoms. The Hall–Kier alpha value is -2.89. The van der Waals surface area contributed by atoms with Gasteiger partial charge in [-0.2, -0.15) is 0 Å². The third-order valence-electron chi connectivity index (χ3n) is 11.2. The molecule has 1 atom stereocenters. The van der Waals surface area contributed by atoms with E-state index in [-0.39, 0.29) is 24.5 Å². The van der Waals surface area contributed by atoms with Gasteiger partial charge in [-0.3, -0.25) is 14.4 Å². The van der Waals surface area contributed by atoms with E-state index in [0.29, 0.717) is 12.8 Å². The van der Waals surface area contributed by atoms with Gasteiger partial charge in [0.15, 0.2) is 0 Å². The predicted octanol–water partition coefficient (Wildman–Crippen LogP) is 16.4. The molecule has 0 saturated heterocycles. The maximum atomic E-state index is 12.8. The summed E-state index contributed by atoms with van der Waals surface area (Å²) in [5.74, 6) is -1.23. The molecule has 6 nitrogen and oxygen atoms in total. The maximum Gasteiger partial charge on any atom is 0.322 e. The number of unbranched alkanes of at least 4 members (excludes halogenated alkanes) is 25. The Bertz CT molecular complexity index is 1110. The van der Waals surface area contributed by atoms with E-state index in [2.05, 4.69) is 79.9 Å². The molecule has 346 valence electrons. The molecule has 0 aromatic heterocycles. The van der Waals surface area contributed by atoms with Crippen LogP contribution in [-0.2, 0) is 19.1 Å². The minimum atomic E-state index is -1.02. The molecule has 2 N–H and O–H groups in total. The van der Waals surface area contributed by atoms with Crippen molar-refractivity contribution >= 4 is 17.8 Å². The normalized spacial score (nSPS) is 12.6. The van der Waals surface area contributed by atoms with Gasteiger partial charge in [0.25, 0.3) is 0 Å². The Morgan fingerprint density at radius 2 is 0.817 bits per heavy atom. The number of hydrogen-bond donors (Lipinski definition) is 2. The zero-order valence-electron chi connectivity index (χ0n) is 39.3. The quantitative estimate of drug-likeness (QED) is 0.0362. The van der Waals surface area contributed by atoms with Gasteiger partial charge in [0.1, 0.15) is 12.6 Å². The van der Waals surface area contributed by atoms with E-state index in [4.69, 9.17) is 9.84 Å². The Balaban J connectivity index is 4.13. The summed E-state index contributed by atoms with van der Waals surface area (Å²) < 4.78 is 6.07. The largest absolute Gasteiger partial charge is 0.480 e. The van der Waals surface area contributed by atoms with Crippen LogP contribution in [0.5, 0.6) is 0 Å². The summed E-state index contributed by atoms with van der Waals surface area (Å²) in [5, 5.41) is 11.1. The fourth-order valence-electron chi connectivity index (χ4n) is 7.48. The highest BCUT2D eigenvalue weighted by Gasteiger charge is 2.14. The van der Waals surface area contributed by atoms with Crippen molar-refractivity contribution < 1.29 is 24.2 Å². The smallest absolute Gasteiger partial charge is 0.322 e. The third kappa shape index (κ3) is 47.8. The van der Waals surface area contributed by atoms with Crippen LogP contribution in [0.4, 0.5) is 0 Å². The number of ether oxygens (including phenoxy) is 1. The molecule has 0 aromatic rings. The number of carboxylic acids is 1. The fourth-order valence-corrected chi connectivity index (χ4v) is 7.48. The van der Waals surface area contributed by atoms with Crippen LogP contribution in [0.25, 0.3) is 0 Å². The summed E-state index contributed by atoms with van der Waals surface area (Å²) in [6, 6.07) is 0. The van der Waals surface area contributed by atoms with Crippen molar-refractivity contribution in [2.45, 2.75) is 258 Å². The number of carbonyl (C=O) groups excluding carboxylic acids is 2. The number of rotatable bonds is 46. The van der Waals surface area contributed by atoms with E-state index in [1.165, 1.54) is 122 Å². The summed E-state index contributed by atoms with van der Waals surface area (Å²) in [6.45, 7) is 4.13. The minimum absolute atomic E-state index is 0.0178. The SMILES string of the molecule is CC/C=C\C/C=C\C/C=C\C/C=C\C/C=C\CCCCCCCCCC(=O)OC(CCCCCCCCCCCCCCCCC)CCCCCCCC(=O)NCC(=O)O. The van der Waals surface area contributed by atoms with Gasteiger partial charge in [0.05, 0.1) is 0 Å². The van der Waals surface area contributed by atoms with Crippen molar-refractivity contribution in [1.82, 2.24) is 5.32 Å². The minimum Gasteiger partial charge on any atom is -0.480 e. The lowest BCUT2D eigenvalue weighted by molar-refractivity contribution is -0.150. The number of allylic oxidation sites excluding steroid dienone is 10. The van der Waals surface area contributed by atoms with E-state index in [1.807, 2.05) is 0 Å². The molecule has 0 aliphatic carbocycles. The Labute approximate surface area is 371 Å². The van der Waals surface area contributed by atoms with Crippen LogP contribution in [0.3, 0.4) is 0 Å². The molecule has 0 spiro atoms. The van der Waals surface area contributed by atoms with Crippen molar-refractivity contribution in [2.24, 2.45) is 0 Å². The van der Waals surface area contributed by atoms with Gasteiger partial charge in [-0.25, -0.2) is 0 Å². The first-order chi connectivity index (χ1) is 29.5. The summed E-state index contributed by atoms with van der Waals surface area (Å²) in [7, 11) is 0. The lowest BCUT2D eigenvalue weighted by Gasteiger charge is -2.18. The van der Waals surface area contributed by atoms with Gasteiger partial charge in [0.2, 0.25) is 5.91 Å². The van der Waals surface area contributed by atoms with Crippen LogP contribution in [0.1, 0.15) is 251 Å². The molecule has 1 amide bonds. The highest BCUT2D eigenvalue weighted by molar-refractivity contribution is 5.80. The molecule has 0 radical (unpaired) electrons.